The average molecular weight is 747 g/mol. The van der Waals surface area contributed by atoms with Crippen LogP contribution in [-0.4, -0.2) is 114 Å². The third-order valence-electron chi connectivity index (χ3n) is 10.1. The number of benzene rings is 1. The monoisotopic (exact) mass is 746 g/mol. The number of halogens is 1. The van der Waals surface area contributed by atoms with Crippen LogP contribution >= 0.6 is 0 Å². The van der Waals surface area contributed by atoms with Gasteiger partial charge in [0.15, 0.2) is 0 Å². The van der Waals surface area contributed by atoms with Crippen LogP contribution in [0.25, 0.3) is 0 Å². The summed E-state index contributed by atoms with van der Waals surface area (Å²) in [7, 11) is -2.07. The number of carbonyl (C=O) groups excluding carboxylic acids is 5. The Hall–Kier alpha value is -4.25. The topological polar surface area (TPSA) is 184 Å². The van der Waals surface area contributed by atoms with Crippen LogP contribution in [0.4, 0.5) is 14.0 Å². The van der Waals surface area contributed by atoms with E-state index in [4.69, 9.17) is 9.47 Å². The Bertz CT molecular complexity index is 1760. The van der Waals surface area contributed by atoms with E-state index in [1.807, 2.05) is 18.0 Å². The van der Waals surface area contributed by atoms with E-state index in [0.29, 0.717) is 43.5 Å². The number of carbonyl (C=O) groups is 5. The maximum Gasteiger partial charge on any atom is 0.410 e. The Kier molecular flexibility index (Phi) is 10.3. The SMILES string of the molecule is CN1CC/C=C\[C@@H]2C[C@@]2(C(=O)NS(=O)(=O)C2CC2)NC(=O)[C@@H]2C[C@@H](OC(=O)N3Cc4cccc(F)c4C3)CN2C(=O)[C@@H](NC(=O)OC(C)(C)C)CC1. The molecule has 0 bridgehead atoms. The zero-order valence-corrected chi connectivity index (χ0v) is 30.7. The summed E-state index contributed by atoms with van der Waals surface area (Å²) in [5, 5.41) is 4.77. The summed E-state index contributed by atoms with van der Waals surface area (Å²) < 4.78 is 53.4. The molecule has 6 rings (SSSR count). The molecule has 0 aromatic heterocycles. The molecule has 3 N–H and O–H groups in total. The van der Waals surface area contributed by atoms with Crippen molar-refractivity contribution in [2.24, 2.45) is 5.92 Å². The van der Waals surface area contributed by atoms with Crippen LogP contribution in [0, 0.1) is 11.7 Å². The molecule has 2 saturated carbocycles. The predicted molar refractivity (Wildman–Crippen MR) is 184 cm³/mol. The fraction of sp³-hybridized carbons (Fsp3) is 0.629. The van der Waals surface area contributed by atoms with Gasteiger partial charge in [-0.1, -0.05) is 24.3 Å². The zero-order chi connectivity index (χ0) is 37.6. The van der Waals surface area contributed by atoms with Gasteiger partial charge in [-0.3, -0.25) is 24.0 Å². The van der Waals surface area contributed by atoms with Gasteiger partial charge in [-0.25, -0.2) is 22.4 Å². The van der Waals surface area contributed by atoms with E-state index >= 15 is 0 Å². The Morgan fingerprint density at radius 3 is 2.52 bits per heavy atom. The molecule has 0 spiro atoms. The van der Waals surface area contributed by atoms with Gasteiger partial charge in [-0.05, 0) is 71.6 Å². The first-order valence-corrected chi connectivity index (χ1v) is 19.3. The fourth-order valence-electron chi connectivity index (χ4n) is 6.99. The molecule has 17 heteroatoms. The molecular weight excluding hydrogens is 699 g/mol. The summed E-state index contributed by atoms with van der Waals surface area (Å²) in [4.78, 5) is 73.0. The number of fused-ring (bicyclic) bond motifs is 3. The molecule has 1 aromatic carbocycles. The van der Waals surface area contributed by atoms with Gasteiger partial charge in [0.2, 0.25) is 21.8 Å². The van der Waals surface area contributed by atoms with E-state index in [2.05, 4.69) is 15.4 Å². The smallest absolute Gasteiger partial charge is 0.410 e. The number of amides is 5. The number of hydrogen-bond acceptors (Lipinski definition) is 10. The van der Waals surface area contributed by atoms with Crippen molar-refractivity contribution in [3.05, 3.63) is 47.3 Å². The lowest BCUT2D eigenvalue weighted by Crippen LogP contribution is -2.58. The largest absolute Gasteiger partial charge is 0.444 e. The van der Waals surface area contributed by atoms with Crippen molar-refractivity contribution < 1.29 is 46.3 Å². The lowest BCUT2D eigenvalue weighted by atomic mass is 10.1. The molecule has 0 unspecified atom stereocenters. The molecule has 5 atom stereocenters. The average Bonchev–Trinajstić information content (AvgIpc) is 3.94. The van der Waals surface area contributed by atoms with E-state index < -0.39 is 86.2 Å². The molecule has 52 heavy (non-hydrogen) atoms. The van der Waals surface area contributed by atoms with Crippen LogP contribution in [0.3, 0.4) is 0 Å². The minimum atomic E-state index is -3.93. The molecule has 3 fully saturated rings. The zero-order valence-electron chi connectivity index (χ0n) is 29.9. The van der Waals surface area contributed by atoms with Crippen molar-refractivity contribution in [2.75, 3.05) is 26.7 Å². The van der Waals surface area contributed by atoms with E-state index in [-0.39, 0.29) is 38.9 Å². The third kappa shape index (κ3) is 8.35. The lowest BCUT2D eigenvalue weighted by Gasteiger charge is -2.31. The van der Waals surface area contributed by atoms with Gasteiger partial charge in [-0.15, -0.1) is 0 Å². The second-order valence-electron chi connectivity index (χ2n) is 15.4. The number of sulfonamides is 1. The van der Waals surface area contributed by atoms with E-state index in [9.17, 15) is 36.8 Å². The summed E-state index contributed by atoms with van der Waals surface area (Å²) in [5.41, 5.74) is -1.40. The minimum Gasteiger partial charge on any atom is -0.444 e. The van der Waals surface area contributed by atoms with Gasteiger partial charge in [0.1, 0.15) is 35.1 Å². The number of rotatable bonds is 5. The van der Waals surface area contributed by atoms with Crippen LogP contribution in [0.1, 0.15) is 70.4 Å². The molecule has 0 radical (unpaired) electrons. The van der Waals surface area contributed by atoms with Crippen LogP contribution in [0.2, 0.25) is 0 Å². The first kappa shape index (κ1) is 37.5. The summed E-state index contributed by atoms with van der Waals surface area (Å²) >= 11 is 0. The highest BCUT2D eigenvalue weighted by atomic mass is 32.2. The van der Waals surface area contributed by atoms with Crippen molar-refractivity contribution in [2.45, 2.75) is 107 Å². The van der Waals surface area contributed by atoms with Crippen molar-refractivity contribution in [1.82, 2.24) is 30.1 Å². The summed E-state index contributed by atoms with van der Waals surface area (Å²) in [6, 6.07) is 2.21. The van der Waals surface area contributed by atoms with Gasteiger partial charge < -0.3 is 29.9 Å². The lowest BCUT2D eigenvalue weighted by molar-refractivity contribution is -0.141. The molecule has 3 aliphatic heterocycles. The van der Waals surface area contributed by atoms with Crippen LogP contribution in [0.5, 0.6) is 0 Å². The van der Waals surface area contributed by atoms with Crippen LogP contribution < -0.4 is 15.4 Å². The predicted octanol–water partition coefficient (Wildman–Crippen LogP) is 1.91. The van der Waals surface area contributed by atoms with Gasteiger partial charge in [-0.2, -0.15) is 0 Å². The van der Waals surface area contributed by atoms with Crippen molar-refractivity contribution in [1.29, 1.82) is 0 Å². The fourth-order valence-corrected chi connectivity index (χ4v) is 8.36. The normalized spacial score (nSPS) is 29.0. The highest BCUT2D eigenvalue weighted by Crippen LogP contribution is 2.46. The number of hydrogen-bond donors (Lipinski definition) is 3. The molecule has 15 nitrogen and oxygen atoms in total. The Morgan fingerprint density at radius 1 is 1.08 bits per heavy atom. The molecule has 5 aliphatic rings. The summed E-state index contributed by atoms with van der Waals surface area (Å²) in [6.45, 7) is 5.93. The molecular formula is C35H47FN6O9S. The number of alkyl carbamates (subject to hydrolysis) is 1. The van der Waals surface area contributed by atoms with Crippen LogP contribution in [0.15, 0.2) is 30.4 Å². The van der Waals surface area contributed by atoms with Crippen molar-refractivity contribution in [3.8, 4) is 0 Å². The van der Waals surface area contributed by atoms with Gasteiger partial charge in [0.05, 0.1) is 18.3 Å². The molecule has 3 heterocycles. The first-order chi connectivity index (χ1) is 24.5. The Balaban J connectivity index is 1.27. The molecule has 2 aliphatic carbocycles. The maximum atomic E-state index is 14.4. The second kappa shape index (κ2) is 14.3. The first-order valence-electron chi connectivity index (χ1n) is 17.7. The van der Waals surface area contributed by atoms with Crippen molar-refractivity contribution in [3.63, 3.8) is 0 Å². The van der Waals surface area contributed by atoms with E-state index in [1.165, 1.54) is 15.9 Å². The number of nitrogens with zero attached hydrogens (tertiary/aromatic N) is 3. The van der Waals surface area contributed by atoms with E-state index in [1.54, 1.807) is 39.0 Å². The third-order valence-corrected chi connectivity index (χ3v) is 11.9. The Labute approximate surface area is 302 Å². The van der Waals surface area contributed by atoms with Gasteiger partial charge in [0.25, 0.3) is 5.91 Å². The number of ether oxygens (including phenoxy) is 2. The Morgan fingerprint density at radius 2 is 1.83 bits per heavy atom. The molecule has 1 aromatic rings. The summed E-state index contributed by atoms with van der Waals surface area (Å²) in [5.74, 6) is -3.15. The molecule has 1 saturated heterocycles. The van der Waals surface area contributed by atoms with E-state index in [0.717, 1.165) is 0 Å². The molecule has 5 amide bonds. The van der Waals surface area contributed by atoms with Gasteiger partial charge in [0, 0.05) is 37.5 Å². The van der Waals surface area contributed by atoms with Gasteiger partial charge >= 0.3 is 12.2 Å². The minimum absolute atomic E-state index is 0.00811. The van der Waals surface area contributed by atoms with Crippen LogP contribution in [-0.2, 0) is 47.0 Å². The molecule has 284 valence electrons. The second-order valence-corrected chi connectivity index (χ2v) is 17.4. The maximum absolute atomic E-state index is 14.4. The standard InChI is InChI=1S/C35H47FN6O9S/c1-34(2,3)51-32(46)37-27-13-15-40(4)14-6-5-9-22-17-35(22,31(45)39-52(48,49)24-11-12-24)38-29(43)28-16-23(19-42(28)30(27)44)50-33(47)41-18-21-8-7-10-26(36)25(21)20-41/h5,7-10,22-24,27-28H,6,11-20H2,1-4H3,(H,37,46)(H,38,43)(H,39,45)/b9-5-/t22-,23-,27+,28+,35-/m1/s1. The summed E-state index contributed by atoms with van der Waals surface area (Å²) in [6.07, 6.45) is 2.74. The highest BCUT2D eigenvalue weighted by molar-refractivity contribution is 7.91. The number of nitrogens with one attached hydrogen (secondary N) is 3. The van der Waals surface area contributed by atoms with Crippen molar-refractivity contribution >= 4 is 39.9 Å². The highest BCUT2D eigenvalue weighted by Gasteiger charge is 2.62. The quantitative estimate of drug-likeness (QED) is 0.377.